The summed E-state index contributed by atoms with van der Waals surface area (Å²) < 4.78 is 13.3. The van der Waals surface area contributed by atoms with E-state index in [0.717, 1.165) is 23.8 Å². The van der Waals surface area contributed by atoms with Crippen LogP contribution in [-0.2, 0) is 10.8 Å². The molecule has 0 bridgehead atoms. The van der Waals surface area contributed by atoms with E-state index in [0.29, 0.717) is 18.1 Å². The van der Waals surface area contributed by atoms with Crippen LogP contribution in [0.15, 0.2) is 18.6 Å². The molecular weight excluding hydrogens is 262 g/mol. The molecule has 1 atom stereocenters. The maximum atomic E-state index is 11.4. The highest BCUT2D eigenvalue weighted by atomic mass is 32.2. The van der Waals surface area contributed by atoms with Gasteiger partial charge in [0.05, 0.1) is 6.20 Å². The van der Waals surface area contributed by atoms with Gasteiger partial charge < -0.3 is 15.0 Å². The summed E-state index contributed by atoms with van der Waals surface area (Å²) in [6, 6.07) is 0. The molecule has 0 saturated carbocycles. The Balaban J connectivity index is 2.15. The average Bonchev–Trinajstić information content (AvgIpc) is 2.87. The maximum Gasteiger partial charge on any atom is 0.180 e. The molecule has 0 spiro atoms. The highest BCUT2D eigenvalue weighted by molar-refractivity contribution is 7.84. The molecule has 0 aliphatic heterocycles. The van der Waals surface area contributed by atoms with Crippen molar-refractivity contribution in [3.63, 3.8) is 0 Å². The van der Waals surface area contributed by atoms with Crippen molar-refractivity contribution in [3.8, 4) is 0 Å². The first kappa shape index (κ1) is 13.8. The van der Waals surface area contributed by atoms with Gasteiger partial charge in [-0.25, -0.2) is 9.97 Å². The second-order valence-corrected chi connectivity index (χ2v) is 5.89. The Morgan fingerprint density at radius 2 is 2.21 bits per heavy atom. The van der Waals surface area contributed by atoms with Crippen LogP contribution in [0, 0.1) is 0 Å². The second kappa shape index (κ2) is 6.51. The van der Waals surface area contributed by atoms with Crippen LogP contribution in [0.3, 0.4) is 0 Å². The van der Waals surface area contributed by atoms with Gasteiger partial charge in [0.25, 0.3) is 0 Å². The predicted molar refractivity (Wildman–Crippen MR) is 79.2 cm³/mol. The molecule has 2 rings (SSSR count). The molecule has 7 heteroatoms. The highest BCUT2D eigenvalue weighted by Gasteiger charge is 2.07. The standard InChI is InChI=1S/C12H19N5OS/c1-3-13-10-9-17-7-5-15-12(17)11(16-10)14-6-8-19(18)4-2/h5,7,9,13H,3-4,6,8H2,1-2H3,(H,14,16). The largest absolute Gasteiger partial charge is 0.369 e. The third kappa shape index (κ3) is 3.44. The van der Waals surface area contributed by atoms with Crippen molar-refractivity contribution in [3.05, 3.63) is 18.6 Å². The Bertz CT molecular complexity index is 568. The molecular formula is C12H19N5OS. The van der Waals surface area contributed by atoms with Crippen LogP contribution >= 0.6 is 0 Å². The van der Waals surface area contributed by atoms with Crippen molar-refractivity contribution in [2.75, 3.05) is 35.2 Å². The van der Waals surface area contributed by atoms with Crippen LogP contribution < -0.4 is 10.6 Å². The van der Waals surface area contributed by atoms with Gasteiger partial charge in [-0.1, -0.05) is 6.92 Å². The van der Waals surface area contributed by atoms with E-state index in [2.05, 4.69) is 20.6 Å². The molecule has 0 amide bonds. The van der Waals surface area contributed by atoms with E-state index in [1.807, 2.05) is 30.6 Å². The quantitative estimate of drug-likeness (QED) is 0.801. The first-order chi connectivity index (χ1) is 9.24. The summed E-state index contributed by atoms with van der Waals surface area (Å²) >= 11 is 0. The molecule has 0 fully saturated rings. The van der Waals surface area contributed by atoms with Gasteiger partial charge in [-0.05, 0) is 6.92 Å². The van der Waals surface area contributed by atoms with Crippen LogP contribution in [0.4, 0.5) is 11.6 Å². The number of hydrogen-bond donors (Lipinski definition) is 2. The summed E-state index contributed by atoms with van der Waals surface area (Å²) in [4.78, 5) is 8.75. The first-order valence-corrected chi connectivity index (χ1v) is 7.89. The zero-order chi connectivity index (χ0) is 13.7. The van der Waals surface area contributed by atoms with E-state index in [1.165, 1.54) is 0 Å². The van der Waals surface area contributed by atoms with E-state index in [9.17, 15) is 4.21 Å². The van der Waals surface area contributed by atoms with Gasteiger partial charge in [-0.15, -0.1) is 0 Å². The molecule has 6 nitrogen and oxygen atoms in total. The van der Waals surface area contributed by atoms with Gasteiger partial charge >= 0.3 is 0 Å². The van der Waals surface area contributed by atoms with Crippen LogP contribution in [0.2, 0.25) is 0 Å². The van der Waals surface area contributed by atoms with Crippen LogP contribution in [0.5, 0.6) is 0 Å². The molecule has 0 saturated heterocycles. The van der Waals surface area contributed by atoms with Gasteiger partial charge in [0, 0.05) is 47.8 Å². The second-order valence-electron chi connectivity index (χ2n) is 4.02. The predicted octanol–water partition coefficient (Wildman–Crippen LogP) is 1.34. The summed E-state index contributed by atoms with van der Waals surface area (Å²) in [5.74, 6) is 2.82. The van der Waals surface area contributed by atoms with Gasteiger partial charge in [-0.2, -0.15) is 0 Å². The molecule has 19 heavy (non-hydrogen) atoms. The molecule has 2 heterocycles. The Hall–Kier alpha value is -1.63. The van der Waals surface area contributed by atoms with Crippen molar-refractivity contribution in [1.82, 2.24) is 14.4 Å². The van der Waals surface area contributed by atoms with Crippen molar-refractivity contribution >= 4 is 28.1 Å². The number of nitrogens with zero attached hydrogens (tertiary/aromatic N) is 3. The Kier molecular flexibility index (Phi) is 4.73. The molecule has 2 aromatic rings. The smallest absolute Gasteiger partial charge is 0.180 e. The lowest BCUT2D eigenvalue weighted by Gasteiger charge is -2.09. The molecule has 0 aliphatic rings. The maximum absolute atomic E-state index is 11.4. The zero-order valence-corrected chi connectivity index (χ0v) is 12.0. The van der Waals surface area contributed by atoms with E-state index >= 15 is 0 Å². The summed E-state index contributed by atoms with van der Waals surface area (Å²) in [6.45, 7) is 5.39. The lowest BCUT2D eigenvalue weighted by atomic mass is 10.5. The number of aromatic nitrogens is 3. The van der Waals surface area contributed by atoms with E-state index in [4.69, 9.17) is 0 Å². The molecule has 2 N–H and O–H groups in total. The van der Waals surface area contributed by atoms with Crippen LogP contribution in [-0.4, -0.2) is 43.2 Å². The lowest BCUT2D eigenvalue weighted by molar-refractivity contribution is 0.684. The fourth-order valence-electron chi connectivity index (χ4n) is 1.74. The van der Waals surface area contributed by atoms with Crippen molar-refractivity contribution in [2.45, 2.75) is 13.8 Å². The molecule has 0 aromatic carbocycles. The Labute approximate surface area is 115 Å². The summed E-state index contributed by atoms with van der Waals surface area (Å²) in [7, 11) is -0.767. The molecule has 2 aromatic heterocycles. The summed E-state index contributed by atoms with van der Waals surface area (Å²) in [5, 5.41) is 6.39. The van der Waals surface area contributed by atoms with E-state index < -0.39 is 10.8 Å². The number of rotatable bonds is 7. The zero-order valence-electron chi connectivity index (χ0n) is 11.2. The minimum absolute atomic E-state index is 0.622. The number of anilines is 2. The SMILES string of the molecule is CCNc1cn2ccnc2c(NCCS(=O)CC)n1. The first-order valence-electron chi connectivity index (χ1n) is 6.41. The van der Waals surface area contributed by atoms with Crippen molar-refractivity contribution < 1.29 is 4.21 Å². The molecule has 0 aliphatic carbocycles. The number of hydrogen-bond acceptors (Lipinski definition) is 5. The fourth-order valence-corrected chi connectivity index (χ4v) is 2.36. The third-order valence-corrected chi connectivity index (χ3v) is 3.98. The van der Waals surface area contributed by atoms with Gasteiger partial charge in [0.15, 0.2) is 11.5 Å². The summed E-state index contributed by atoms with van der Waals surface area (Å²) in [6.07, 6.45) is 5.52. The van der Waals surface area contributed by atoms with E-state index in [1.54, 1.807) is 6.20 Å². The number of nitrogens with one attached hydrogen (secondary N) is 2. The Morgan fingerprint density at radius 3 is 2.95 bits per heavy atom. The number of fused-ring (bicyclic) bond motifs is 1. The molecule has 1 unspecified atom stereocenters. The monoisotopic (exact) mass is 281 g/mol. The van der Waals surface area contributed by atoms with Gasteiger partial charge in [0.2, 0.25) is 0 Å². The fraction of sp³-hybridized carbons (Fsp3) is 0.500. The highest BCUT2D eigenvalue weighted by Crippen LogP contribution is 2.15. The minimum Gasteiger partial charge on any atom is -0.369 e. The molecule has 0 radical (unpaired) electrons. The van der Waals surface area contributed by atoms with Gasteiger partial charge in [0.1, 0.15) is 5.82 Å². The van der Waals surface area contributed by atoms with Crippen LogP contribution in [0.1, 0.15) is 13.8 Å². The number of imidazole rings is 1. The van der Waals surface area contributed by atoms with E-state index in [-0.39, 0.29) is 0 Å². The van der Waals surface area contributed by atoms with Crippen LogP contribution in [0.25, 0.3) is 5.65 Å². The third-order valence-electron chi connectivity index (χ3n) is 2.68. The molecule has 104 valence electrons. The average molecular weight is 281 g/mol. The van der Waals surface area contributed by atoms with Gasteiger partial charge in [-0.3, -0.25) is 4.21 Å². The Morgan fingerprint density at radius 1 is 1.37 bits per heavy atom. The normalized spacial score (nSPS) is 12.5. The minimum atomic E-state index is -0.767. The lowest BCUT2D eigenvalue weighted by Crippen LogP contribution is -2.14. The van der Waals surface area contributed by atoms with Crippen molar-refractivity contribution in [2.24, 2.45) is 0 Å². The van der Waals surface area contributed by atoms with Crippen molar-refractivity contribution in [1.29, 1.82) is 0 Å². The summed E-state index contributed by atoms with van der Waals surface area (Å²) in [5.41, 5.74) is 0.781. The topological polar surface area (TPSA) is 71.3 Å².